The highest BCUT2D eigenvalue weighted by atomic mass is 16.2. The summed E-state index contributed by atoms with van der Waals surface area (Å²) in [5.74, 6) is -0.136. The van der Waals surface area contributed by atoms with Gasteiger partial charge < -0.3 is 11.1 Å². The summed E-state index contributed by atoms with van der Waals surface area (Å²) in [5.41, 5.74) is 7.65. The van der Waals surface area contributed by atoms with E-state index in [1.807, 2.05) is 48.1 Å². The van der Waals surface area contributed by atoms with E-state index in [0.29, 0.717) is 13.0 Å². The quantitative estimate of drug-likeness (QED) is 0.844. The molecular weight excluding hydrogens is 252 g/mol. The molecule has 0 aliphatic carbocycles. The topological polar surface area (TPSA) is 72.9 Å². The number of amides is 1. The second-order valence-electron chi connectivity index (χ2n) is 4.79. The Morgan fingerprint density at radius 1 is 1.45 bits per heavy atom. The van der Waals surface area contributed by atoms with Crippen LogP contribution in [0.4, 0.5) is 5.69 Å². The van der Waals surface area contributed by atoms with Gasteiger partial charge in [-0.15, -0.1) is 0 Å². The first-order valence-corrected chi connectivity index (χ1v) is 6.82. The summed E-state index contributed by atoms with van der Waals surface area (Å²) in [4.78, 5) is 11.9. The summed E-state index contributed by atoms with van der Waals surface area (Å²) >= 11 is 0. The number of hydrogen-bond acceptors (Lipinski definition) is 3. The molecule has 0 unspecified atom stereocenters. The normalized spacial score (nSPS) is 12.1. The van der Waals surface area contributed by atoms with E-state index in [2.05, 4.69) is 10.4 Å². The number of nitrogens with two attached hydrogens (primary N) is 1. The number of nitrogens with one attached hydrogen (secondary N) is 1. The van der Waals surface area contributed by atoms with E-state index >= 15 is 0 Å². The molecule has 0 radical (unpaired) electrons. The third kappa shape index (κ3) is 3.93. The van der Waals surface area contributed by atoms with Gasteiger partial charge >= 0.3 is 0 Å². The number of rotatable bonds is 6. The van der Waals surface area contributed by atoms with Crippen LogP contribution in [0.1, 0.15) is 25.3 Å². The summed E-state index contributed by atoms with van der Waals surface area (Å²) in [7, 11) is 0. The highest BCUT2D eigenvalue weighted by molar-refractivity contribution is 5.94. The third-order valence-corrected chi connectivity index (χ3v) is 3.03. The van der Waals surface area contributed by atoms with Gasteiger partial charge in [0, 0.05) is 18.1 Å². The maximum atomic E-state index is 11.9. The van der Waals surface area contributed by atoms with Gasteiger partial charge in [0.2, 0.25) is 5.91 Å². The lowest BCUT2D eigenvalue weighted by molar-refractivity contribution is -0.117. The maximum Gasteiger partial charge on any atom is 0.241 e. The molecule has 106 valence electrons. The minimum atomic E-state index is -0.449. The Kier molecular flexibility index (Phi) is 4.90. The van der Waals surface area contributed by atoms with Crippen molar-refractivity contribution >= 4 is 11.6 Å². The highest BCUT2D eigenvalue weighted by Gasteiger charge is 2.12. The van der Waals surface area contributed by atoms with Crippen LogP contribution in [0.25, 0.3) is 0 Å². The van der Waals surface area contributed by atoms with E-state index in [0.717, 1.165) is 17.7 Å². The van der Waals surface area contributed by atoms with Crippen LogP contribution in [0.3, 0.4) is 0 Å². The van der Waals surface area contributed by atoms with Crippen molar-refractivity contribution in [2.75, 3.05) is 5.32 Å². The predicted octanol–water partition coefficient (Wildman–Crippen LogP) is 2.00. The van der Waals surface area contributed by atoms with Gasteiger partial charge in [-0.1, -0.05) is 25.5 Å². The van der Waals surface area contributed by atoms with Crippen LogP contribution in [-0.4, -0.2) is 21.7 Å². The number of aromatic nitrogens is 2. The minimum absolute atomic E-state index is 0.136. The van der Waals surface area contributed by atoms with E-state index < -0.39 is 6.04 Å². The molecule has 1 amide bonds. The SMILES string of the molecule is CCC[C@H](N)C(=O)Nc1cccc(Cn2cccn2)c1. The molecule has 0 aliphatic rings. The lowest BCUT2D eigenvalue weighted by atomic mass is 10.1. The van der Waals surface area contributed by atoms with Gasteiger partial charge in [-0.05, 0) is 30.2 Å². The van der Waals surface area contributed by atoms with Crippen LogP contribution in [0, 0.1) is 0 Å². The summed E-state index contributed by atoms with van der Waals surface area (Å²) in [5, 5.41) is 7.02. The van der Waals surface area contributed by atoms with Crippen LogP contribution in [-0.2, 0) is 11.3 Å². The molecule has 0 bridgehead atoms. The molecule has 0 spiro atoms. The van der Waals surface area contributed by atoms with Crippen molar-refractivity contribution in [3.8, 4) is 0 Å². The van der Waals surface area contributed by atoms with E-state index in [-0.39, 0.29) is 5.91 Å². The molecule has 0 aliphatic heterocycles. The molecule has 5 nitrogen and oxygen atoms in total. The standard InChI is InChI=1S/C15H20N4O/c1-2-5-14(16)15(20)18-13-7-3-6-12(10-13)11-19-9-4-8-17-19/h3-4,6-10,14H,2,5,11,16H2,1H3,(H,18,20)/t14-/m0/s1. The van der Waals surface area contributed by atoms with Gasteiger partial charge in [-0.2, -0.15) is 5.10 Å². The van der Waals surface area contributed by atoms with E-state index in [4.69, 9.17) is 5.73 Å². The predicted molar refractivity (Wildman–Crippen MR) is 79.3 cm³/mol. The zero-order valence-electron chi connectivity index (χ0n) is 11.6. The summed E-state index contributed by atoms with van der Waals surface area (Å²) in [6.45, 7) is 2.69. The molecule has 2 aromatic rings. The summed E-state index contributed by atoms with van der Waals surface area (Å²) in [6.07, 6.45) is 5.24. The fourth-order valence-electron chi connectivity index (χ4n) is 2.01. The van der Waals surface area contributed by atoms with E-state index in [1.165, 1.54) is 0 Å². The van der Waals surface area contributed by atoms with Gasteiger partial charge in [-0.3, -0.25) is 9.48 Å². The first-order chi connectivity index (χ1) is 9.69. The molecular formula is C15H20N4O. The number of nitrogens with zero attached hydrogens (tertiary/aromatic N) is 2. The lowest BCUT2D eigenvalue weighted by Crippen LogP contribution is -2.35. The number of benzene rings is 1. The molecule has 0 fully saturated rings. The highest BCUT2D eigenvalue weighted by Crippen LogP contribution is 2.12. The second-order valence-corrected chi connectivity index (χ2v) is 4.79. The average Bonchev–Trinajstić information content (AvgIpc) is 2.92. The maximum absolute atomic E-state index is 11.9. The molecule has 3 N–H and O–H groups in total. The van der Waals surface area contributed by atoms with Crippen molar-refractivity contribution in [1.82, 2.24) is 9.78 Å². The van der Waals surface area contributed by atoms with Crippen molar-refractivity contribution in [2.24, 2.45) is 5.73 Å². The van der Waals surface area contributed by atoms with Gasteiger partial charge in [0.15, 0.2) is 0 Å². The first kappa shape index (κ1) is 14.3. The van der Waals surface area contributed by atoms with Crippen molar-refractivity contribution in [3.63, 3.8) is 0 Å². The third-order valence-electron chi connectivity index (χ3n) is 3.03. The Balaban J connectivity index is 2.00. The lowest BCUT2D eigenvalue weighted by Gasteiger charge is -2.12. The van der Waals surface area contributed by atoms with Crippen molar-refractivity contribution in [1.29, 1.82) is 0 Å². The molecule has 1 aromatic heterocycles. The van der Waals surface area contributed by atoms with Gasteiger partial charge in [-0.25, -0.2) is 0 Å². The van der Waals surface area contributed by atoms with Crippen LogP contribution in [0.15, 0.2) is 42.7 Å². The fourth-order valence-corrected chi connectivity index (χ4v) is 2.01. The molecule has 0 saturated carbocycles. The Labute approximate surface area is 118 Å². The summed E-state index contributed by atoms with van der Waals surface area (Å²) in [6, 6.07) is 9.16. The van der Waals surface area contributed by atoms with Crippen molar-refractivity contribution in [3.05, 3.63) is 48.3 Å². The Morgan fingerprint density at radius 2 is 2.30 bits per heavy atom. The zero-order valence-corrected chi connectivity index (χ0v) is 11.6. The zero-order chi connectivity index (χ0) is 14.4. The Hall–Kier alpha value is -2.14. The fraction of sp³-hybridized carbons (Fsp3) is 0.333. The van der Waals surface area contributed by atoms with Gasteiger partial charge in [0.05, 0.1) is 12.6 Å². The molecule has 5 heteroatoms. The van der Waals surface area contributed by atoms with Crippen molar-refractivity contribution in [2.45, 2.75) is 32.4 Å². The molecule has 1 heterocycles. The van der Waals surface area contributed by atoms with Gasteiger partial charge in [0.25, 0.3) is 0 Å². The Morgan fingerprint density at radius 3 is 3.00 bits per heavy atom. The number of hydrogen-bond donors (Lipinski definition) is 2. The summed E-state index contributed by atoms with van der Waals surface area (Å²) < 4.78 is 1.84. The number of carbonyl (C=O) groups excluding carboxylic acids is 1. The van der Waals surface area contributed by atoms with Crippen LogP contribution in [0.2, 0.25) is 0 Å². The Bertz CT molecular complexity index is 551. The van der Waals surface area contributed by atoms with E-state index in [9.17, 15) is 4.79 Å². The number of carbonyl (C=O) groups is 1. The number of anilines is 1. The molecule has 20 heavy (non-hydrogen) atoms. The van der Waals surface area contributed by atoms with Crippen LogP contribution >= 0.6 is 0 Å². The monoisotopic (exact) mass is 272 g/mol. The van der Waals surface area contributed by atoms with Crippen molar-refractivity contribution < 1.29 is 4.79 Å². The minimum Gasteiger partial charge on any atom is -0.325 e. The van der Waals surface area contributed by atoms with Gasteiger partial charge in [0.1, 0.15) is 0 Å². The second kappa shape index (κ2) is 6.86. The first-order valence-electron chi connectivity index (χ1n) is 6.82. The molecule has 0 saturated heterocycles. The molecule has 2 rings (SSSR count). The van der Waals surface area contributed by atoms with Crippen LogP contribution < -0.4 is 11.1 Å². The van der Waals surface area contributed by atoms with Crippen LogP contribution in [0.5, 0.6) is 0 Å². The van der Waals surface area contributed by atoms with E-state index in [1.54, 1.807) is 6.20 Å². The molecule has 1 aromatic carbocycles. The largest absolute Gasteiger partial charge is 0.325 e. The smallest absolute Gasteiger partial charge is 0.241 e. The molecule has 1 atom stereocenters. The average molecular weight is 272 g/mol.